The van der Waals surface area contributed by atoms with Crippen LogP contribution in [0.4, 0.5) is 0 Å². The van der Waals surface area contributed by atoms with Gasteiger partial charge in [0, 0.05) is 0 Å². The van der Waals surface area contributed by atoms with Gasteiger partial charge in [0.2, 0.25) is 0 Å². The van der Waals surface area contributed by atoms with Crippen LogP contribution < -0.4 is 0 Å². The molecule has 186 valence electrons. The largest absolute Gasteiger partial charge is 0.478 e. The van der Waals surface area contributed by atoms with Gasteiger partial charge < -0.3 is 5.11 Å². The van der Waals surface area contributed by atoms with E-state index >= 15 is 0 Å². The van der Waals surface area contributed by atoms with Crippen molar-refractivity contribution in [1.29, 1.82) is 0 Å². The Bertz CT molecular complexity index is 1000. The molecule has 1 atom stereocenters. The molecular formula is C32H40O3. The quantitative estimate of drug-likeness (QED) is 0.351. The monoisotopic (exact) mass is 472 g/mol. The first kappa shape index (κ1) is 24.3. The van der Waals surface area contributed by atoms with E-state index in [2.05, 4.69) is 19.1 Å². The fourth-order valence-corrected chi connectivity index (χ4v) is 7.93. The highest BCUT2D eigenvalue weighted by molar-refractivity contribution is 6.02. The van der Waals surface area contributed by atoms with Crippen molar-refractivity contribution in [3.05, 3.63) is 64.8 Å². The molecule has 0 saturated heterocycles. The molecule has 4 bridgehead atoms. The van der Waals surface area contributed by atoms with Crippen molar-refractivity contribution in [2.24, 2.45) is 29.1 Å². The highest BCUT2D eigenvalue weighted by Crippen LogP contribution is 2.63. The molecule has 0 aliphatic heterocycles. The summed E-state index contributed by atoms with van der Waals surface area (Å²) in [6.07, 6.45) is 23.6. The number of benzene rings is 1. The Hall–Kier alpha value is -2.42. The minimum atomic E-state index is -0.920. The van der Waals surface area contributed by atoms with E-state index in [1.54, 1.807) is 12.1 Å². The number of ketones is 1. The van der Waals surface area contributed by atoms with Gasteiger partial charge in [-0.05, 0) is 103 Å². The molecule has 0 aromatic heterocycles. The number of carboxylic acids is 1. The first-order valence-electron chi connectivity index (χ1n) is 13.9. The molecule has 4 saturated carbocycles. The van der Waals surface area contributed by atoms with Crippen molar-refractivity contribution in [1.82, 2.24) is 0 Å². The Kier molecular flexibility index (Phi) is 7.14. The molecule has 3 heteroatoms. The molecule has 1 unspecified atom stereocenters. The number of hydrogen-bond acceptors (Lipinski definition) is 2. The number of unbranched alkanes of at least 4 members (excludes halogenated alkanes) is 4. The van der Waals surface area contributed by atoms with Crippen molar-refractivity contribution in [3.8, 4) is 0 Å². The molecule has 0 amide bonds. The first-order chi connectivity index (χ1) is 17.0. The number of carbonyl (C=O) groups excluding carboxylic acids is 1. The van der Waals surface area contributed by atoms with E-state index in [1.807, 2.05) is 24.3 Å². The van der Waals surface area contributed by atoms with Gasteiger partial charge >= 0.3 is 5.97 Å². The average Bonchev–Trinajstić information content (AvgIpc) is 2.83. The van der Waals surface area contributed by atoms with Crippen molar-refractivity contribution >= 4 is 17.8 Å². The maximum atomic E-state index is 13.9. The van der Waals surface area contributed by atoms with Crippen LogP contribution in [-0.2, 0) is 4.79 Å². The maximum Gasteiger partial charge on any atom is 0.335 e. The Balaban J connectivity index is 1.37. The molecule has 5 aliphatic rings. The Morgan fingerprint density at radius 3 is 2.20 bits per heavy atom. The van der Waals surface area contributed by atoms with Crippen LogP contribution in [0.25, 0.3) is 6.08 Å². The van der Waals surface area contributed by atoms with Crippen LogP contribution in [0.2, 0.25) is 0 Å². The van der Waals surface area contributed by atoms with Gasteiger partial charge in [0.1, 0.15) is 0 Å². The predicted molar refractivity (Wildman–Crippen MR) is 141 cm³/mol. The van der Waals surface area contributed by atoms with E-state index in [9.17, 15) is 9.59 Å². The fourth-order valence-electron chi connectivity index (χ4n) is 7.93. The number of hydrogen-bond donors (Lipinski definition) is 1. The van der Waals surface area contributed by atoms with E-state index in [0.29, 0.717) is 5.78 Å². The Morgan fingerprint density at radius 1 is 0.971 bits per heavy atom. The summed E-state index contributed by atoms with van der Waals surface area (Å²) in [5.74, 6) is 1.76. The lowest BCUT2D eigenvalue weighted by Crippen LogP contribution is -2.47. The van der Waals surface area contributed by atoms with E-state index in [-0.39, 0.29) is 16.9 Å². The molecular weight excluding hydrogens is 432 g/mol. The standard InChI is InChI=1S/C32H40O3/c1-2-3-4-5-6-7-28-29(32-19-23-16-24(20-32)18-25(17-23)21-32)15-14-26(30(28)33)11-8-22-9-12-27(13-10-22)31(34)35/h8-15,23-26H,2-7,16-21H2,1H3,(H,34,35)/b11-8+. The van der Waals surface area contributed by atoms with E-state index in [1.165, 1.54) is 69.8 Å². The van der Waals surface area contributed by atoms with Crippen LogP contribution in [-0.4, -0.2) is 16.9 Å². The summed E-state index contributed by atoms with van der Waals surface area (Å²) in [6, 6.07) is 6.85. The number of rotatable bonds is 10. The van der Waals surface area contributed by atoms with Gasteiger partial charge in [-0.25, -0.2) is 4.79 Å². The van der Waals surface area contributed by atoms with Gasteiger partial charge in [-0.1, -0.05) is 69.0 Å². The second-order valence-corrected chi connectivity index (χ2v) is 11.8. The second kappa shape index (κ2) is 10.3. The minimum Gasteiger partial charge on any atom is -0.478 e. The van der Waals surface area contributed by atoms with E-state index < -0.39 is 5.97 Å². The summed E-state index contributed by atoms with van der Waals surface area (Å²) in [6.45, 7) is 2.25. The zero-order chi connectivity index (χ0) is 24.4. The maximum absolute atomic E-state index is 13.9. The topological polar surface area (TPSA) is 54.4 Å². The van der Waals surface area contributed by atoms with E-state index in [4.69, 9.17) is 5.11 Å². The van der Waals surface area contributed by atoms with Crippen LogP contribution >= 0.6 is 0 Å². The SMILES string of the molecule is CCCCCCCC1=C(C23CC4CC(CC(C4)C2)C3)C=CC(/C=C/c2ccc(C(=O)O)cc2)C1=O. The first-order valence-corrected chi connectivity index (χ1v) is 13.9. The van der Waals surface area contributed by atoms with Crippen molar-refractivity contribution in [2.45, 2.75) is 84.0 Å². The molecule has 3 nitrogen and oxygen atoms in total. The van der Waals surface area contributed by atoms with Crippen LogP contribution in [0.1, 0.15) is 99.9 Å². The molecule has 5 aliphatic carbocycles. The summed E-state index contributed by atoms with van der Waals surface area (Å²) in [5, 5.41) is 9.13. The zero-order valence-electron chi connectivity index (χ0n) is 21.2. The molecule has 0 radical (unpaired) electrons. The summed E-state index contributed by atoms with van der Waals surface area (Å²) >= 11 is 0. The lowest BCUT2D eigenvalue weighted by Gasteiger charge is -2.58. The number of carboxylic acid groups (broad SMARTS) is 1. The lowest BCUT2D eigenvalue weighted by molar-refractivity contribution is -0.117. The van der Waals surface area contributed by atoms with Crippen molar-refractivity contribution in [2.75, 3.05) is 0 Å². The molecule has 0 heterocycles. The van der Waals surface area contributed by atoms with Gasteiger partial charge in [0.25, 0.3) is 0 Å². The Labute approximate surface area is 210 Å². The van der Waals surface area contributed by atoms with Crippen LogP contribution in [0, 0.1) is 29.1 Å². The highest BCUT2D eigenvalue weighted by Gasteiger charge is 2.53. The molecule has 35 heavy (non-hydrogen) atoms. The van der Waals surface area contributed by atoms with E-state index in [0.717, 1.165) is 41.7 Å². The highest BCUT2D eigenvalue weighted by atomic mass is 16.4. The normalized spacial score (nSPS) is 31.6. The molecule has 1 aromatic carbocycles. The smallest absolute Gasteiger partial charge is 0.335 e. The van der Waals surface area contributed by atoms with Gasteiger partial charge in [-0.15, -0.1) is 0 Å². The Morgan fingerprint density at radius 2 is 1.60 bits per heavy atom. The van der Waals surface area contributed by atoms with Crippen molar-refractivity contribution < 1.29 is 14.7 Å². The lowest BCUT2D eigenvalue weighted by atomic mass is 9.47. The number of allylic oxidation sites excluding steroid dienone is 5. The van der Waals surface area contributed by atoms with Gasteiger partial charge in [0.15, 0.2) is 5.78 Å². The van der Waals surface area contributed by atoms with Gasteiger partial charge in [-0.2, -0.15) is 0 Å². The van der Waals surface area contributed by atoms with Crippen LogP contribution in [0.5, 0.6) is 0 Å². The number of aromatic carboxylic acids is 1. The fraction of sp³-hybridized carbons (Fsp3) is 0.562. The molecule has 1 aromatic rings. The third kappa shape index (κ3) is 5.10. The van der Waals surface area contributed by atoms with Gasteiger partial charge in [-0.3, -0.25) is 4.79 Å². The minimum absolute atomic E-state index is 0.225. The summed E-state index contributed by atoms with van der Waals surface area (Å²) in [5.41, 5.74) is 3.99. The third-order valence-electron chi connectivity index (χ3n) is 9.19. The average molecular weight is 473 g/mol. The summed E-state index contributed by atoms with van der Waals surface area (Å²) in [7, 11) is 0. The molecule has 6 rings (SSSR count). The van der Waals surface area contributed by atoms with Crippen LogP contribution in [0.15, 0.2) is 53.6 Å². The van der Waals surface area contributed by atoms with Crippen LogP contribution in [0.3, 0.4) is 0 Å². The number of Topliss-reactive ketones (excluding diaryl/α,β-unsaturated/α-hetero) is 1. The second-order valence-electron chi connectivity index (χ2n) is 11.8. The summed E-state index contributed by atoms with van der Waals surface area (Å²) < 4.78 is 0. The number of carbonyl (C=O) groups is 2. The summed E-state index contributed by atoms with van der Waals surface area (Å²) in [4.78, 5) is 25.0. The molecule has 1 N–H and O–H groups in total. The molecule has 4 fully saturated rings. The van der Waals surface area contributed by atoms with Gasteiger partial charge in [0.05, 0.1) is 11.5 Å². The molecule has 0 spiro atoms. The third-order valence-corrected chi connectivity index (χ3v) is 9.19. The predicted octanol–water partition coefficient (Wildman–Crippen LogP) is 8.03. The van der Waals surface area contributed by atoms with Crippen molar-refractivity contribution in [3.63, 3.8) is 0 Å². The zero-order valence-corrected chi connectivity index (χ0v) is 21.2.